The number of anilines is 1. The fourth-order valence-electron chi connectivity index (χ4n) is 1.84. The molecule has 2 aromatic rings. The molecular weight excluding hydrogens is 222 g/mol. The van der Waals surface area contributed by atoms with Crippen molar-refractivity contribution in [2.24, 2.45) is 0 Å². The van der Waals surface area contributed by atoms with Gasteiger partial charge in [-0.3, -0.25) is 0 Å². The molecule has 0 fully saturated rings. The summed E-state index contributed by atoms with van der Waals surface area (Å²) in [6.07, 6.45) is 5.97. The van der Waals surface area contributed by atoms with Gasteiger partial charge in [-0.05, 0) is 29.8 Å². The van der Waals surface area contributed by atoms with Gasteiger partial charge in [0.2, 0.25) is 0 Å². The molecule has 0 bridgehead atoms. The zero-order valence-electron chi connectivity index (χ0n) is 9.84. The van der Waals surface area contributed by atoms with Crippen LogP contribution in [0.15, 0.2) is 72.6 Å². The average Bonchev–Trinajstić information content (AvgIpc) is 2.61. The molecule has 0 radical (unpaired) electrons. The first kappa shape index (κ1) is 10.7. The molecule has 1 heterocycles. The molecule has 0 aromatic heterocycles. The van der Waals surface area contributed by atoms with E-state index in [9.17, 15) is 0 Å². The van der Waals surface area contributed by atoms with Gasteiger partial charge in [0.05, 0.1) is 0 Å². The molecule has 0 aliphatic carbocycles. The Balaban J connectivity index is 1.84. The van der Waals surface area contributed by atoms with Crippen LogP contribution in [0.2, 0.25) is 0 Å². The Morgan fingerprint density at radius 3 is 2.50 bits per heavy atom. The Hall–Kier alpha value is -2.48. The fraction of sp³-hybridized carbons (Fsp3) is 0. The lowest BCUT2D eigenvalue weighted by Gasteiger charge is -2.12. The molecule has 0 spiro atoms. The highest BCUT2D eigenvalue weighted by molar-refractivity contribution is 5.70. The lowest BCUT2D eigenvalue weighted by Crippen LogP contribution is -2.06. The number of hydrogen-bond donors (Lipinski definition) is 1. The van der Waals surface area contributed by atoms with E-state index in [1.165, 1.54) is 0 Å². The van der Waals surface area contributed by atoms with E-state index in [0.717, 1.165) is 22.9 Å². The second-order valence-electron chi connectivity index (χ2n) is 4.02. The second kappa shape index (κ2) is 4.80. The molecule has 0 amide bonds. The van der Waals surface area contributed by atoms with Gasteiger partial charge in [0.25, 0.3) is 0 Å². The monoisotopic (exact) mass is 235 g/mol. The lowest BCUT2D eigenvalue weighted by molar-refractivity contribution is 0.433. The summed E-state index contributed by atoms with van der Waals surface area (Å²) in [4.78, 5) is 0. The van der Waals surface area contributed by atoms with Crippen molar-refractivity contribution in [2.75, 3.05) is 5.32 Å². The highest BCUT2D eigenvalue weighted by Gasteiger charge is 2.06. The zero-order chi connectivity index (χ0) is 12.2. The van der Waals surface area contributed by atoms with Crippen LogP contribution in [0.1, 0.15) is 5.56 Å². The number of benzene rings is 2. The van der Waals surface area contributed by atoms with Gasteiger partial charge in [0.1, 0.15) is 5.75 Å². The van der Waals surface area contributed by atoms with Gasteiger partial charge in [0, 0.05) is 5.69 Å². The summed E-state index contributed by atoms with van der Waals surface area (Å²) in [5.41, 5.74) is 2.20. The zero-order valence-corrected chi connectivity index (χ0v) is 9.84. The predicted molar refractivity (Wildman–Crippen MR) is 74.3 cm³/mol. The van der Waals surface area contributed by atoms with Crippen LogP contribution in [0, 0.1) is 0 Å². The lowest BCUT2D eigenvalue weighted by atomic mass is 10.2. The van der Waals surface area contributed by atoms with E-state index in [1.807, 2.05) is 60.7 Å². The molecule has 2 nitrogen and oxygen atoms in total. The first-order valence-corrected chi connectivity index (χ1v) is 5.89. The summed E-state index contributed by atoms with van der Waals surface area (Å²) < 4.78 is 5.79. The van der Waals surface area contributed by atoms with E-state index >= 15 is 0 Å². The Morgan fingerprint density at radius 1 is 0.833 bits per heavy atom. The molecule has 0 saturated heterocycles. The molecule has 1 aliphatic rings. The van der Waals surface area contributed by atoms with Crippen LogP contribution in [-0.2, 0) is 0 Å². The van der Waals surface area contributed by atoms with E-state index in [0.29, 0.717) is 0 Å². The maximum atomic E-state index is 5.79. The van der Waals surface area contributed by atoms with Crippen LogP contribution in [-0.4, -0.2) is 0 Å². The number of allylic oxidation sites excluding steroid dienone is 2. The average molecular weight is 235 g/mol. The summed E-state index contributed by atoms with van der Waals surface area (Å²) in [7, 11) is 0. The van der Waals surface area contributed by atoms with Crippen molar-refractivity contribution in [3.8, 4) is 5.75 Å². The van der Waals surface area contributed by atoms with Gasteiger partial charge in [-0.1, -0.05) is 48.6 Å². The van der Waals surface area contributed by atoms with Crippen LogP contribution < -0.4 is 10.1 Å². The van der Waals surface area contributed by atoms with E-state index in [2.05, 4.69) is 17.5 Å². The van der Waals surface area contributed by atoms with Gasteiger partial charge in [0.15, 0.2) is 5.88 Å². The predicted octanol–water partition coefficient (Wildman–Crippen LogP) is 4.05. The van der Waals surface area contributed by atoms with Crippen LogP contribution in [0.4, 0.5) is 5.69 Å². The van der Waals surface area contributed by atoms with Crippen LogP contribution in [0.5, 0.6) is 5.75 Å². The molecule has 2 aromatic carbocycles. The van der Waals surface area contributed by atoms with Crippen molar-refractivity contribution >= 4 is 11.8 Å². The quantitative estimate of drug-likeness (QED) is 0.848. The van der Waals surface area contributed by atoms with Gasteiger partial charge < -0.3 is 10.1 Å². The van der Waals surface area contributed by atoms with Gasteiger partial charge in [-0.15, -0.1) is 0 Å². The van der Waals surface area contributed by atoms with E-state index < -0.39 is 0 Å². The molecule has 1 N–H and O–H groups in total. The standard InChI is InChI=1S/C16H13NO/c1-2-9-14(10-3-1)18-16-12-6-8-13-7-4-5-11-15(13)17-16/h1-12,17H. The summed E-state index contributed by atoms with van der Waals surface area (Å²) in [6, 6.07) is 17.9. The highest BCUT2D eigenvalue weighted by Crippen LogP contribution is 2.23. The molecule has 0 unspecified atom stereocenters. The van der Waals surface area contributed by atoms with Gasteiger partial charge >= 0.3 is 0 Å². The largest absolute Gasteiger partial charge is 0.441 e. The summed E-state index contributed by atoms with van der Waals surface area (Å²) in [5.74, 6) is 1.55. The van der Waals surface area contributed by atoms with Crippen LogP contribution in [0.25, 0.3) is 6.08 Å². The minimum atomic E-state index is 0.724. The second-order valence-corrected chi connectivity index (χ2v) is 4.02. The molecule has 3 rings (SSSR count). The third-order valence-electron chi connectivity index (χ3n) is 2.71. The third-order valence-corrected chi connectivity index (χ3v) is 2.71. The number of hydrogen-bond acceptors (Lipinski definition) is 2. The number of fused-ring (bicyclic) bond motifs is 1. The minimum absolute atomic E-state index is 0.724. The topological polar surface area (TPSA) is 21.3 Å². The molecule has 0 saturated carbocycles. The molecular formula is C16H13NO. The molecule has 0 atom stereocenters. The van der Waals surface area contributed by atoms with E-state index in [1.54, 1.807) is 0 Å². The first-order valence-electron chi connectivity index (χ1n) is 5.89. The maximum Gasteiger partial charge on any atom is 0.197 e. The van der Waals surface area contributed by atoms with Gasteiger partial charge in [-0.25, -0.2) is 0 Å². The maximum absolute atomic E-state index is 5.79. The fourth-order valence-corrected chi connectivity index (χ4v) is 1.84. The Morgan fingerprint density at radius 2 is 1.61 bits per heavy atom. The van der Waals surface area contributed by atoms with Crippen molar-refractivity contribution in [3.63, 3.8) is 0 Å². The van der Waals surface area contributed by atoms with Crippen molar-refractivity contribution in [3.05, 3.63) is 78.2 Å². The van der Waals surface area contributed by atoms with Crippen LogP contribution >= 0.6 is 0 Å². The Bertz CT molecular complexity index is 600. The summed E-state index contributed by atoms with van der Waals surface area (Å²) >= 11 is 0. The number of nitrogens with one attached hydrogen (secondary N) is 1. The third kappa shape index (κ3) is 2.28. The van der Waals surface area contributed by atoms with E-state index in [-0.39, 0.29) is 0 Å². The number of rotatable bonds is 2. The molecule has 88 valence electrons. The van der Waals surface area contributed by atoms with Crippen molar-refractivity contribution in [2.45, 2.75) is 0 Å². The van der Waals surface area contributed by atoms with Crippen molar-refractivity contribution in [1.82, 2.24) is 0 Å². The number of para-hydroxylation sites is 2. The van der Waals surface area contributed by atoms with Crippen molar-refractivity contribution in [1.29, 1.82) is 0 Å². The number of ether oxygens (including phenoxy) is 1. The molecule has 2 heteroatoms. The highest BCUT2D eigenvalue weighted by atomic mass is 16.5. The van der Waals surface area contributed by atoms with E-state index in [4.69, 9.17) is 4.74 Å². The van der Waals surface area contributed by atoms with Gasteiger partial charge in [-0.2, -0.15) is 0 Å². The molecule has 1 aliphatic heterocycles. The Labute approximate surface area is 106 Å². The summed E-state index contributed by atoms with van der Waals surface area (Å²) in [6.45, 7) is 0. The Kier molecular flexibility index (Phi) is 2.84. The smallest absolute Gasteiger partial charge is 0.197 e. The van der Waals surface area contributed by atoms with Crippen molar-refractivity contribution < 1.29 is 4.74 Å². The first-order chi connectivity index (χ1) is 8.92. The molecule has 18 heavy (non-hydrogen) atoms. The van der Waals surface area contributed by atoms with Crippen LogP contribution in [0.3, 0.4) is 0 Å². The normalized spacial score (nSPS) is 13.0. The summed E-state index contributed by atoms with van der Waals surface area (Å²) in [5, 5.41) is 3.28. The SMILES string of the molecule is C1=Cc2ccccc2NC(Oc2ccccc2)=C1. The minimum Gasteiger partial charge on any atom is -0.441 e.